The van der Waals surface area contributed by atoms with Crippen molar-refractivity contribution in [3.05, 3.63) is 57.1 Å². The normalized spacial score (nSPS) is 10.7. The van der Waals surface area contributed by atoms with Gasteiger partial charge >= 0.3 is 0 Å². The van der Waals surface area contributed by atoms with Gasteiger partial charge in [-0.1, -0.05) is 35.0 Å². The number of hydrogen-bond donors (Lipinski definition) is 1. The van der Waals surface area contributed by atoms with E-state index in [1.807, 2.05) is 12.1 Å². The first-order valence-corrected chi connectivity index (χ1v) is 8.05. The van der Waals surface area contributed by atoms with E-state index >= 15 is 0 Å². The van der Waals surface area contributed by atoms with E-state index in [9.17, 15) is 0 Å². The van der Waals surface area contributed by atoms with Crippen LogP contribution in [-0.2, 0) is 6.54 Å². The molecule has 0 saturated carbocycles. The largest absolute Gasteiger partial charge is 0.457 e. The van der Waals surface area contributed by atoms with Gasteiger partial charge in [0.15, 0.2) is 0 Å². The molecule has 2 aromatic carbocycles. The van der Waals surface area contributed by atoms with Crippen molar-refractivity contribution < 1.29 is 4.74 Å². The van der Waals surface area contributed by atoms with Crippen LogP contribution < -0.4 is 10.1 Å². The smallest absolute Gasteiger partial charge is 0.130 e. The molecule has 0 saturated heterocycles. The van der Waals surface area contributed by atoms with Gasteiger partial charge in [-0.15, -0.1) is 0 Å². The van der Waals surface area contributed by atoms with Crippen LogP contribution in [0.15, 0.2) is 34.8 Å². The summed E-state index contributed by atoms with van der Waals surface area (Å²) < 4.78 is 7.13. The molecule has 2 nitrogen and oxygen atoms in total. The zero-order valence-corrected chi connectivity index (χ0v) is 14.7. The van der Waals surface area contributed by atoms with E-state index in [1.165, 1.54) is 22.3 Å². The summed E-state index contributed by atoms with van der Waals surface area (Å²) in [6.07, 6.45) is 0. The lowest BCUT2D eigenvalue weighted by Crippen LogP contribution is -2.12. The SMILES string of the molecule is CCNCc1ccc(Oc2cc(C)cc(C)c2C)cc1Br. The van der Waals surface area contributed by atoms with E-state index in [1.54, 1.807) is 0 Å². The fraction of sp³-hybridized carbons (Fsp3) is 0.333. The van der Waals surface area contributed by atoms with Crippen molar-refractivity contribution in [2.75, 3.05) is 6.54 Å². The highest BCUT2D eigenvalue weighted by atomic mass is 79.9. The highest BCUT2D eigenvalue weighted by Gasteiger charge is 2.07. The van der Waals surface area contributed by atoms with Crippen LogP contribution in [0, 0.1) is 20.8 Å². The van der Waals surface area contributed by atoms with Gasteiger partial charge in [-0.25, -0.2) is 0 Å². The molecule has 0 aliphatic heterocycles. The van der Waals surface area contributed by atoms with Crippen LogP contribution >= 0.6 is 15.9 Å². The molecule has 2 rings (SSSR count). The van der Waals surface area contributed by atoms with Gasteiger partial charge < -0.3 is 10.1 Å². The lowest BCUT2D eigenvalue weighted by atomic mass is 10.1. The Balaban J connectivity index is 2.22. The summed E-state index contributed by atoms with van der Waals surface area (Å²) >= 11 is 3.62. The maximum atomic E-state index is 6.06. The van der Waals surface area contributed by atoms with E-state index in [2.05, 4.69) is 67.1 Å². The van der Waals surface area contributed by atoms with E-state index in [0.717, 1.165) is 29.1 Å². The molecule has 2 aromatic rings. The number of benzene rings is 2. The third-order valence-corrected chi connectivity index (χ3v) is 4.32. The van der Waals surface area contributed by atoms with E-state index in [0.29, 0.717) is 0 Å². The number of nitrogens with one attached hydrogen (secondary N) is 1. The summed E-state index contributed by atoms with van der Waals surface area (Å²) in [7, 11) is 0. The number of ether oxygens (including phenoxy) is 1. The molecule has 0 heterocycles. The van der Waals surface area contributed by atoms with Crippen LogP contribution in [0.4, 0.5) is 0 Å². The van der Waals surface area contributed by atoms with Gasteiger partial charge in [-0.2, -0.15) is 0 Å². The van der Waals surface area contributed by atoms with Gasteiger partial charge in [0.05, 0.1) is 0 Å². The van der Waals surface area contributed by atoms with E-state index in [-0.39, 0.29) is 0 Å². The lowest BCUT2D eigenvalue weighted by molar-refractivity contribution is 0.477. The molecule has 112 valence electrons. The van der Waals surface area contributed by atoms with Crippen LogP contribution in [0.2, 0.25) is 0 Å². The first kappa shape index (κ1) is 16.1. The minimum atomic E-state index is 0.857. The highest BCUT2D eigenvalue weighted by molar-refractivity contribution is 9.10. The van der Waals surface area contributed by atoms with Gasteiger partial charge in [-0.05, 0) is 67.8 Å². The predicted octanol–water partition coefficient (Wildman–Crippen LogP) is 5.28. The Kier molecular flexibility index (Phi) is 5.43. The quantitative estimate of drug-likeness (QED) is 0.794. The van der Waals surface area contributed by atoms with Crippen molar-refractivity contribution in [2.24, 2.45) is 0 Å². The average molecular weight is 348 g/mol. The summed E-state index contributed by atoms with van der Waals surface area (Å²) in [6, 6.07) is 10.4. The van der Waals surface area contributed by atoms with Crippen molar-refractivity contribution in [2.45, 2.75) is 34.2 Å². The second-order valence-corrected chi connectivity index (χ2v) is 6.19. The zero-order chi connectivity index (χ0) is 15.4. The third-order valence-electron chi connectivity index (χ3n) is 3.58. The molecule has 0 aliphatic rings. The Morgan fingerprint density at radius 3 is 2.52 bits per heavy atom. The summed E-state index contributed by atoms with van der Waals surface area (Å²) in [4.78, 5) is 0. The summed E-state index contributed by atoms with van der Waals surface area (Å²) in [6.45, 7) is 10.2. The van der Waals surface area contributed by atoms with Crippen LogP contribution in [0.5, 0.6) is 11.5 Å². The molecule has 0 spiro atoms. The van der Waals surface area contributed by atoms with E-state index < -0.39 is 0 Å². The number of rotatable bonds is 5. The van der Waals surface area contributed by atoms with Crippen molar-refractivity contribution >= 4 is 15.9 Å². The molecule has 0 atom stereocenters. The number of aryl methyl sites for hydroxylation is 2. The fourth-order valence-corrected chi connectivity index (χ4v) is 2.73. The Bertz CT molecular complexity index is 637. The topological polar surface area (TPSA) is 21.3 Å². The Morgan fingerprint density at radius 1 is 1.10 bits per heavy atom. The van der Waals surface area contributed by atoms with Gasteiger partial charge in [0.25, 0.3) is 0 Å². The standard InChI is InChI=1S/C18H22BrNO/c1-5-20-11-15-6-7-16(10-17(15)19)21-18-9-12(2)8-13(3)14(18)4/h6-10,20H,5,11H2,1-4H3. The molecular weight excluding hydrogens is 326 g/mol. The third kappa shape index (κ3) is 4.08. The minimum absolute atomic E-state index is 0.857. The molecule has 21 heavy (non-hydrogen) atoms. The van der Waals surface area contributed by atoms with E-state index in [4.69, 9.17) is 4.74 Å². The summed E-state index contributed by atoms with van der Waals surface area (Å²) in [5.74, 6) is 1.79. The average Bonchev–Trinajstić information content (AvgIpc) is 2.43. The molecule has 3 heteroatoms. The van der Waals surface area contributed by atoms with Gasteiger partial charge in [0, 0.05) is 11.0 Å². The predicted molar refractivity (Wildman–Crippen MR) is 92.2 cm³/mol. The second-order valence-electron chi connectivity index (χ2n) is 5.34. The molecular formula is C18H22BrNO. The first-order valence-electron chi connectivity index (χ1n) is 7.26. The second kappa shape index (κ2) is 7.10. The van der Waals surface area contributed by atoms with Crippen LogP contribution in [-0.4, -0.2) is 6.54 Å². The Hall–Kier alpha value is -1.32. The molecule has 0 amide bonds. The summed E-state index contributed by atoms with van der Waals surface area (Å²) in [5.41, 5.74) is 4.90. The van der Waals surface area contributed by atoms with Crippen molar-refractivity contribution in [1.29, 1.82) is 0 Å². The number of hydrogen-bond acceptors (Lipinski definition) is 2. The van der Waals surface area contributed by atoms with Gasteiger partial charge in [0.2, 0.25) is 0 Å². The monoisotopic (exact) mass is 347 g/mol. The first-order chi connectivity index (χ1) is 10.0. The Labute approximate surface area is 135 Å². The Morgan fingerprint density at radius 2 is 1.86 bits per heavy atom. The summed E-state index contributed by atoms with van der Waals surface area (Å²) in [5, 5.41) is 3.33. The van der Waals surface area contributed by atoms with Gasteiger partial charge in [-0.3, -0.25) is 0 Å². The molecule has 0 aliphatic carbocycles. The molecule has 0 radical (unpaired) electrons. The van der Waals surface area contributed by atoms with Crippen LogP contribution in [0.3, 0.4) is 0 Å². The van der Waals surface area contributed by atoms with Crippen LogP contribution in [0.1, 0.15) is 29.2 Å². The molecule has 0 aromatic heterocycles. The fourth-order valence-electron chi connectivity index (χ4n) is 2.23. The molecule has 1 N–H and O–H groups in total. The zero-order valence-electron chi connectivity index (χ0n) is 13.1. The van der Waals surface area contributed by atoms with Gasteiger partial charge in [0.1, 0.15) is 11.5 Å². The van der Waals surface area contributed by atoms with Crippen LogP contribution in [0.25, 0.3) is 0 Å². The lowest BCUT2D eigenvalue weighted by Gasteiger charge is -2.13. The maximum absolute atomic E-state index is 6.06. The molecule has 0 unspecified atom stereocenters. The van der Waals surface area contributed by atoms with Crippen molar-refractivity contribution in [3.63, 3.8) is 0 Å². The molecule has 0 fully saturated rings. The van der Waals surface area contributed by atoms with Crippen molar-refractivity contribution in [3.8, 4) is 11.5 Å². The molecule has 0 bridgehead atoms. The number of halogens is 1. The van der Waals surface area contributed by atoms with Crippen molar-refractivity contribution in [1.82, 2.24) is 5.32 Å². The maximum Gasteiger partial charge on any atom is 0.130 e. The highest BCUT2D eigenvalue weighted by Crippen LogP contribution is 2.31. The minimum Gasteiger partial charge on any atom is -0.457 e.